The summed E-state index contributed by atoms with van der Waals surface area (Å²) in [5.74, 6) is -0.217. The van der Waals surface area contributed by atoms with Crippen LogP contribution >= 0.6 is 11.6 Å². The first-order valence-corrected chi connectivity index (χ1v) is 10.7. The number of fused-ring (bicyclic) bond motifs is 1. The highest BCUT2D eigenvalue weighted by Gasteiger charge is 2.15. The number of nitrogens with zero attached hydrogens (tertiary/aromatic N) is 4. The van der Waals surface area contributed by atoms with Gasteiger partial charge in [0.15, 0.2) is 0 Å². The smallest absolute Gasteiger partial charge is 0.258 e. The molecule has 0 saturated heterocycles. The van der Waals surface area contributed by atoms with E-state index in [0.29, 0.717) is 45.4 Å². The molecule has 2 aromatic carbocycles. The average molecular weight is 466 g/mol. The summed E-state index contributed by atoms with van der Waals surface area (Å²) >= 11 is 6.48. The van der Waals surface area contributed by atoms with Gasteiger partial charge >= 0.3 is 0 Å². The van der Waals surface area contributed by atoms with Crippen molar-refractivity contribution in [1.29, 1.82) is 0 Å². The third kappa shape index (κ3) is 4.70. The number of para-hydroxylation sites is 1. The number of carbonyl (C=O) groups is 1. The van der Waals surface area contributed by atoms with E-state index in [0.717, 1.165) is 0 Å². The van der Waals surface area contributed by atoms with Gasteiger partial charge in [-0.05, 0) is 56.3 Å². The second kappa shape index (κ2) is 9.38. The minimum absolute atomic E-state index is 0.154. The van der Waals surface area contributed by atoms with Crippen LogP contribution < -0.4 is 5.56 Å². The first kappa shape index (κ1) is 22.4. The second-order valence-corrected chi connectivity index (χ2v) is 7.75. The van der Waals surface area contributed by atoms with Crippen molar-refractivity contribution in [2.45, 2.75) is 20.4 Å². The van der Waals surface area contributed by atoms with E-state index in [-0.39, 0.29) is 23.8 Å². The van der Waals surface area contributed by atoms with E-state index in [1.807, 2.05) is 13.0 Å². The standard InChI is InChI=1S/C24H21ClFN5O2/c1-3-30(14-21-27-20-7-5-4-6-19(20)24(33)28-21)22(32)13-12-18-15(2)29-31(23(18)25)17-10-8-16(26)9-11-17/h4-13H,3,14H2,1-2H3,(H,27,28,33)/b13-12+. The minimum atomic E-state index is -0.355. The molecule has 0 aliphatic rings. The summed E-state index contributed by atoms with van der Waals surface area (Å²) in [6.45, 7) is 4.19. The van der Waals surface area contributed by atoms with Crippen LogP contribution in [-0.4, -0.2) is 37.1 Å². The number of carbonyl (C=O) groups excluding carboxylic acids is 1. The molecule has 0 fully saturated rings. The summed E-state index contributed by atoms with van der Waals surface area (Å²) in [6, 6.07) is 12.8. The molecule has 9 heteroatoms. The third-order valence-electron chi connectivity index (χ3n) is 5.21. The maximum atomic E-state index is 13.2. The Bertz CT molecular complexity index is 1410. The van der Waals surface area contributed by atoms with Crippen LogP contribution in [0.4, 0.5) is 4.39 Å². The molecule has 1 N–H and O–H groups in total. The molecule has 0 atom stereocenters. The molecule has 0 aliphatic carbocycles. The summed E-state index contributed by atoms with van der Waals surface area (Å²) in [7, 11) is 0. The van der Waals surface area contributed by atoms with Crippen molar-refractivity contribution in [2.75, 3.05) is 6.54 Å². The minimum Gasteiger partial charge on any atom is -0.332 e. The molecule has 4 aromatic rings. The molecule has 0 aliphatic heterocycles. The average Bonchev–Trinajstić information content (AvgIpc) is 3.09. The van der Waals surface area contributed by atoms with Gasteiger partial charge in [0.25, 0.3) is 5.56 Å². The molecule has 33 heavy (non-hydrogen) atoms. The summed E-state index contributed by atoms with van der Waals surface area (Å²) < 4.78 is 14.7. The number of aromatic nitrogens is 4. The summed E-state index contributed by atoms with van der Waals surface area (Å²) in [6.07, 6.45) is 3.01. The Labute approximate surface area is 194 Å². The van der Waals surface area contributed by atoms with E-state index in [1.165, 1.54) is 22.9 Å². The summed E-state index contributed by atoms with van der Waals surface area (Å²) in [5.41, 5.74) is 2.15. The highest BCUT2D eigenvalue weighted by atomic mass is 35.5. The summed E-state index contributed by atoms with van der Waals surface area (Å²) in [5, 5.41) is 5.21. The van der Waals surface area contributed by atoms with Gasteiger partial charge in [-0.1, -0.05) is 23.7 Å². The fourth-order valence-electron chi connectivity index (χ4n) is 3.45. The maximum absolute atomic E-state index is 13.2. The molecule has 4 rings (SSSR count). The Kier molecular flexibility index (Phi) is 6.37. The van der Waals surface area contributed by atoms with Gasteiger partial charge in [-0.15, -0.1) is 0 Å². The highest BCUT2D eigenvalue weighted by molar-refractivity contribution is 6.31. The van der Waals surface area contributed by atoms with Crippen molar-refractivity contribution >= 4 is 34.5 Å². The SMILES string of the molecule is CCN(Cc1nc2ccccc2c(=O)[nH]1)C(=O)/C=C/c1c(C)nn(-c2ccc(F)cc2)c1Cl. The lowest BCUT2D eigenvalue weighted by atomic mass is 10.2. The fourth-order valence-corrected chi connectivity index (χ4v) is 3.79. The monoisotopic (exact) mass is 465 g/mol. The summed E-state index contributed by atoms with van der Waals surface area (Å²) in [4.78, 5) is 33.9. The van der Waals surface area contributed by atoms with Crippen molar-refractivity contribution in [3.05, 3.63) is 93.0 Å². The first-order chi connectivity index (χ1) is 15.9. The number of rotatable bonds is 6. The van der Waals surface area contributed by atoms with Gasteiger partial charge in [-0.25, -0.2) is 14.1 Å². The number of amides is 1. The van der Waals surface area contributed by atoms with Crippen LogP contribution in [0.15, 0.2) is 59.4 Å². The first-order valence-electron chi connectivity index (χ1n) is 10.3. The molecular formula is C24H21ClFN5O2. The number of aromatic amines is 1. The van der Waals surface area contributed by atoms with E-state index in [1.54, 1.807) is 48.2 Å². The molecule has 168 valence electrons. The third-order valence-corrected chi connectivity index (χ3v) is 5.57. The van der Waals surface area contributed by atoms with Gasteiger partial charge < -0.3 is 9.88 Å². The lowest BCUT2D eigenvalue weighted by Gasteiger charge is -2.18. The Morgan fingerprint density at radius 1 is 1.21 bits per heavy atom. The van der Waals surface area contributed by atoms with Crippen LogP contribution in [0.3, 0.4) is 0 Å². The molecule has 0 unspecified atom stereocenters. The van der Waals surface area contributed by atoms with E-state index < -0.39 is 0 Å². The van der Waals surface area contributed by atoms with Crippen molar-refractivity contribution in [2.24, 2.45) is 0 Å². The largest absolute Gasteiger partial charge is 0.332 e. The van der Waals surface area contributed by atoms with Gasteiger partial charge in [0.05, 0.1) is 28.8 Å². The normalized spacial score (nSPS) is 11.4. The molecule has 0 spiro atoms. The van der Waals surface area contributed by atoms with Gasteiger partial charge in [-0.3, -0.25) is 9.59 Å². The number of hydrogen-bond donors (Lipinski definition) is 1. The van der Waals surface area contributed by atoms with E-state index in [2.05, 4.69) is 15.1 Å². The van der Waals surface area contributed by atoms with E-state index in [9.17, 15) is 14.0 Å². The Balaban J connectivity index is 1.55. The Morgan fingerprint density at radius 2 is 1.94 bits per heavy atom. The molecule has 2 aromatic heterocycles. The quantitative estimate of drug-likeness (QED) is 0.431. The van der Waals surface area contributed by atoms with Crippen molar-refractivity contribution < 1.29 is 9.18 Å². The van der Waals surface area contributed by atoms with E-state index >= 15 is 0 Å². The lowest BCUT2D eigenvalue weighted by molar-refractivity contribution is -0.126. The fraction of sp³-hybridized carbons (Fsp3) is 0.167. The lowest BCUT2D eigenvalue weighted by Crippen LogP contribution is -2.30. The molecule has 1 amide bonds. The van der Waals surface area contributed by atoms with Crippen LogP contribution in [0.2, 0.25) is 5.15 Å². The highest BCUT2D eigenvalue weighted by Crippen LogP contribution is 2.25. The van der Waals surface area contributed by atoms with Crippen molar-refractivity contribution in [1.82, 2.24) is 24.6 Å². The predicted molar refractivity (Wildman–Crippen MR) is 126 cm³/mol. The van der Waals surface area contributed by atoms with Crippen molar-refractivity contribution in [3.8, 4) is 5.69 Å². The van der Waals surface area contributed by atoms with Crippen LogP contribution in [0.1, 0.15) is 24.0 Å². The number of hydrogen-bond acceptors (Lipinski definition) is 4. The Hall–Kier alpha value is -3.78. The number of aryl methyl sites for hydroxylation is 1. The van der Waals surface area contributed by atoms with E-state index in [4.69, 9.17) is 11.6 Å². The zero-order chi connectivity index (χ0) is 23.5. The zero-order valence-corrected chi connectivity index (χ0v) is 18.8. The number of nitrogens with one attached hydrogen (secondary N) is 1. The van der Waals surface area contributed by atoms with Gasteiger partial charge in [-0.2, -0.15) is 5.10 Å². The molecule has 0 radical (unpaired) electrons. The molecule has 0 saturated carbocycles. The van der Waals surface area contributed by atoms with Crippen LogP contribution in [0.5, 0.6) is 0 Å². The molecule has 7 nitrogen and oxygen atoms in total. The second-order valence-electron chi connectivity index (χ2n) is 7.39. The molecule has 0 bridgehead atoms. The van der Waals surface area contributed by atoms with Gasteiger partial charge in [0.1, 0.15) is 16.8 Å². The van der Waals surface area contributed by atoms with Crippen LogP contribution in [-0.2, 0) is 11.3 Å². The topological polar surface area (TPSA) is 83.9 Å². The van der Waals surface area contributed by atoms with Crippen LogP contribution in [0, 0.1) is 12.7 Å². The number of likely N-dealkylation sites (N-methyl/N-ethyl adjacent to an activating group) is 1. The Morgan fingerprint density at radius 3 is 2.67 bits per heavy atom. The predicted octanol–water partition coefficient (Wildman–Crippen LogP) is 4.27. The maximum Gasteiger partial charge on any atom is 0.258 e. The van der Waals surface area contributed by atoms with Gasteiger partial charge in [0.2, 0.25) is 5.91 Å². The number of halogens is 2. The van der Waals surface area contributed by atoms with Crippen LogP contribution in [0.25, 0.3) is 22.7 Å². The molecule has 2 heterocycles. The van der Waals surface area contributed by atoms with Crippen molar-refractivity contribution in [3.63, 3.8) is 0 Å². The number of benzene rings is 2. The zero-order valence-electron chi connectivity index (χ0n) is 18.0. The molecular weight excluding hydrogens is 445 g/mol. The number of H-pyrrole nitrogens is 1. The van der Waals surface area contributed by atoms with Gasteiger partial charge in [0, 0.05) is 18.2 Å².